The minimum atomic E-state index is -0.611. The Balaban J connectivity index is 3.29. The first-order valence-electron chi connectivity index (χ1n) is 3.32. The van der Waals surface area contributed by atoms with Gasteiger partial charge >= 0.3 is 0 Å². The van der Waals surface area contributed by atoms with Gasteiger partial charge in [0.1, 0.15) is 0 Å². The fourth-order valence-electron chi connectivity index (χ4n) is 0.909. The van der Waals surface area contributed by atoms with Crippen molar-refractivity contribution in [3.8, 4) is 5.75 Å². The highest BCUT2D eigenvalue weighted by Gasteiger charge is 2.08. The normalized spacial score (nSPS) is 10.1. The smallest absolute Gasteiger partial charge is 0.169 e. The van der Waals surface area contributed by atoms with E-state index in [0.29, 0.717) is 17.0 Å². The Bertz CT molecular complexity index is 273. The van der Waals surface area contributed by atoms with Crippen molar-refractivity contribution in [3.05, 3.63) is 28.5 Å². The summed E-state index contributed by atoms with van der Waals surface area (Å²) >= 11 is 5.65. The Morgan fingerprint density at radius 3 is 2.64 bits per heavy atom. The lowest BCUT2D eigenvalue weighted by atomic mass is 10.1. The molecule has 0 spiro atoms. The number of phenols is 1. The predicted octanol–water partition coefficient (Wildman–Crippen LogP) is 2.75. The molecule has 1 nitrogen and oxygen atoms in total. The lowest BCUT2D eigenvalue weighted by molar-refractivity contribution is 0.429. The van der Waals surface area contributed by atoms with Crippen molar-refractivity contribution in [2.45, 2.75) is 13.3 Å². The second-order valence-electron chi connectivity index (χ2n) is 2.21. The molecule has 0 atom stereocenters. The van der Waals surface area contributed by atoms with Crippen molar-refractivity contribution >= 4 is 11.6 Å². The number of phenolic OH excluding ortho intramolecular Hbond substituents is 1. The van der Waals surface area contributed by atoms with Crippen LogP contribution in [0.3, 0.4) is 0 Å². The predicted molar refractivity (Wildman–Crippen MR) is 42.5 cm³/mol. The van der Waals surface area contributed by atoms with E-state index in [9.17, 15) is 4.39 Å². The summed E-state index contributed by atoms with van der Waals surface area (Å²) in [6.07, 6.45) is 0.485. The van der Waals surface area contributed by atoms with E-state index < -0.39 is 5.82 Å². The second-order valence-corrected chi connectivity index (χ2v) is 2.62. The highest BCUT2D eigenvalue weighted by Crippen LogP contribution is 2.26. The fraction of sp³-hybridized carbons (Fsp3) is 0.250. The summed E-state index contributed by atoms with van der Waals surface area (Å²) in [4.78, 5) is 0. The van der Waals surface area contributed by atoms with E-state index in [1.54, 1.807) is 6.92 Å². The van der Waals surface area contributed by atoms with Gasteiger partial charge in [-0.15, -0.1) is 0 Å². The third kappa shape index (κ3) is 1.46. The first-order chi connectivity index (χ1) is 5.16. The van der Waals surface area contributed by atoms with Crippen LogP contribution in [-0.2, 0) is 6.42 Å². The summed E-state index contributed by atoms with van der Waals surface area (Å²) in [5, 5.41) is 9.29. The van der Waals surface area contributed by atoms with Gasteiger partial charge in [0.2, 0.25) is 0 Å². The molecule has 3 heteroatoms. The van der Waals surface area contributed by atoms with E-state index in [2.05, 4.69) is 0 Å². The molecule has 0 saturated heterocycles. The Morgan fingerprint density at radius 2 is 2.18 bits per heavy atom. The van der Waals surface area contributed by atoms with Crippen LogP contribution in [0, 0.1) is 5.82 Å². The minimum absolute atomic E-state index is 0.341. The van der Waals surface area contributed by atoms with Crippen molar-refractivity contribution < 1.29 is 9.50 Å². The molecule has 1 aromatic carbocycles. The van der Waals surface area contributed by atoms with Gasteiger partial charge in [0.15, 0.2) is 11.6 Å². The van der Waals surface area contributed by atoms with Crippen LogP contribution < -0.4 is 0 Å². The molecule has 0 aliphatic rings. The lowest BCUT2D eigenvalue weighted by Gasteiger charge is -2.03. The van der Waals surface area contributed by atoms with Gasteiger partial charge < -0.3 is 5.11 Å². The molecule has 0 bridgehead atoms. The third-order valence-corrected chi connectivity index (χ3v) is 1.87. The molecule has 0 fully saturated rings. The summed E-state index contributed by atoms with van der Waals surface area (Å²) in [6.45, 7) is 1.78. The highest BCUT2D eigenvalue weighted by molar-refractivity contribution is 6.31. The standard InChI is InChI=1S/C8H8ClFO/c1-2-5-6(9)3-4-7(11)8(5)10/h3-4,11H,2H2,1H3. The number of hydrogen-bond acceptors (Lipinski definition) is 1. The zero-order chi connectivity index (χ0) is 8.43. The van der Waals surface area contributed by atoms with Crippen LogP contribution in [0.4, 0.5) is 4.39 Å². The Morgan fingerprint density at radius 1 is 1.55 bits per heavy atom. The molecule has 60 valence electrons. The first kappa shape index (κ1) is 8.34. The van der Waals surface area contributed by atoms with Gasteiger partial charge in [-0.25, -0.2) is 4.39 Å². The van der Waals surface area contributed by atoms with Crippen LogP contribution in [0.2, 0.25) is 5.02 Å². The molecule has 1 N–H and O–H groups in total. The maximum Gasteiger partial charge on any atom is 0.169 e. The largest absolute Gasteiger partial charge is 0.505 e. The molecule has 0 amide bonds. The summed E-state index contributed by atoms with van der Waals surface area (Å²) in [6, 6.07) is 2.73. The topological polar surface area (TPSA) is 20.2 Å². The van der Waals surface area contributed by atoms with E-state index in [1.807, 2.05) is 0 Å². The zero-order valence-corrected chi connectivity index (χ0v) is 6.82. The first-order valence-corrected chi connectivity index (χ1v) is 3.70. The number of benzene rings is 1. The zero-order valence-electron chi connectivity index (χ0n) is 6.06. The van der Waals surface area contributed by atoms with E-state index in [4.69, 9.17) is 16.7 Å². The highest BCUT2D eigenvalue weighted by atomic mass is 35.5. The van der Waals surface area contributed by atoms with E-state index >= 15 is 0 Å². The Labute approximate surface area is 69.4 Å². The van der Waals surface area contributed by atoms with Crippen LogP contribution in [-0.4, -0.2) is 5.11 Å². The van der Waals surface area contributed by atoms with Crippen molar-refractivity contribution in [3.63, 3.8) is 0 Å². The van der Waals surface area contributed by atoms with E-state index in [1.165, 1.54) is 12.1 Å². The number of aromatic hydroxyl groups is 1. The quantitative estimate of drug-likeness (QED) is 0.694. The summed E-state index contributed by atoms with van der Waals surface area (Å²) < 4.78 is 12.9. The SMILES string of the molecule is CCc1c(Cl)ccc(O)c1F. The van der Waals surface area contributed by atoms with Crippen molar-refractivity contribution in [1.82, 2.24) is 0 Å². The van der Waals surface area contributed by atoms with E-state index in [-0.39, 0.29) is 5.75 Å². The molecule has 0 aliphatic heterocycles. The maximum atomic E-state index is 12.9. The lowest BCUT2D eigenvalue weighted by Crippen LogP contribution is -1.88. The molecule has 1 aromatic rings. The van der Waals surface area contributed by atoms with Gasteiger partial charge in [-0.3, -0.25) is 0 Å². The van der Waals surface area contributed by atoms with Crippen LogP contribution in [0.15, 0.2) is 12.1 Å². The minimum Gasteiger partial charge on any atom is -0.505 e. The molecule has 0 aromatic heterocycles. The van der Waals surface area contributed by atoms with Crippen molar-refractivity contribution in [2.75, 3.05) is 0 Å². The molecular formula is C8H8ClFO. The molecule has 1 rings (SSSR count). The average molecular weight is 175 g/mol. The molecule has 0 heterocycles. The van der Waals surface area contributed by atoms with Crippen LogP contribution in [0.25, 0.3) is 0 Å². The van der Waals surface area contributed by atoms with Gasteiger partial charge in [-0.1, -0.05) is 18.5 Å². The average Bonchev–Trinajstić information content (AvgIpc) is 1.99. The van der Waals surface area contributed by atoms with Gasteiger partial charge in [0.05, 0.1) is 0 Å². The second kappa shape index (κ2) is 3.09. The number of halogens is 2. The van der Waals surface area contributed by atoms with Crippen molar-refractivity contribution in [1.29, 1.82) is 0 Å². The molecule has 0 saturated carbocycles. The monoisotopic (exact) mass is 174 g/mol. The molecule has 11 heavy (non-hydrogen) atoms. The summed E-state index contributed by atoms with van der Waals surface area (Å²) in [7, 11) is 0. The van der Waals surface area contributed by atoms with Crippen LogP contribution in [0.1, 0.15) is 12.5 Å². The summed E-state index contributed by atoms with van der Waals surface area (Å²) in [5.74, 6) is -0.953. The van der Waals surface area contributed by atoms with Gasteiger partial charge in [0, 0.05) is 10.6 Å². The van der Waals surface area contributed by atoms with Gasteiger partial charge in [-0.2, -0.15) is 0 Å². The van der Waals surface area contributed by atoms with Gasteiger partial charge in [-0.05, 0) is 18.6 Å². The number of rotatable bonds is 1. The fourth-order valence-corrected chi connectivity index (χ4v) is 1.19. The van der Waals surface area contributed by atoms with Gasteiger partial charge in [0.25, 0.3) is 0 Å². The molecule has 0 radical (unpaired) electrons. The number of hydrogen-bond donors (Lipinski definition) is 1. The maximum absolute atomic E-state index is 12.9. The molecule has 0 aliphatic carbocycles. The van der Waals surface area contributed by atoms with Crippen LogP contribution >= 0.6 is 11.6 Å². The molecule has 0 unspecified atom stereocenters. The Hall–Kier alpha value is -0.760. The molecular weight excluding hydrogens is 167 g/mol. The van der Waals surface area contributed by atoms with Crippen LogP contribution in [0.5, 0.6) is 5.75 Å². The van der Waals surface area contributed by atoms with E-state index in [0.717, 1.165) is 0 Å². The third-order valence-electron chi connectivity index (χ3n) is 1.52. The Kier molecular flexibility index (Phi) is 2.35. The summed E-state index contributed by atoms with van der Waals surface area (Å²) in [5.41, 5.74) is 0.367. The van der Waals surface area contributed by atoms with Crippen molar-refractivity contribution in [2.24, 2.45) is 0 Å².